The molecule has 0 saturated carbocycles. The number of hydrogen-bond acceptors (Lipinski definition) is 2. The lowest BCUT2D eigenvalue weighted by Crippen LogP contribution is -2.02. The zero-order valence-electron chi connectivity index (χ0n) is 12.7. The van der Waals surface area contributed by atoms with E-state index in [-0.39, 0.29) is 5.39 Å². The van der Waals surface area contributed by atoms with Gasteiger partial charge in [0.2, 0.25) is 0 Å². The summed E-state index contributed by atoms with van der Waals surface area (Å²) in [7, 11) is 0. The van der Waals surface area contributed by atoms with Crippen LogP contribution in [-0.4, -0.2) is 9.97 Å². The molecule has 5 heteroatoms. The molecule has 0 aliphatic heterocycles. The van der Waals surface area contributed by atoms with Gasteiger partial charge in [-0.05, 0) is 43.5 Å². The minimum absolute atomic E-state index is 0.285. The molecule has 1 aromatic carbocycles. The van der Waals surface area contributed by atoms with Gasteiger partial charge in [0.25, 0.3) is 0 Å². The summed E-state index contributed by atoms with van der Waals surface area (Å²) in [5.74, 6) is -1.25. The lowest BCUT2D eigenvalue weighted by Gasteiger charge is -2.14. The Morgan fingerprint density at radius 3 is 2.59 bits per heavy atom. The van der Waals surface area contributed by atoms with Gasteiger partial charge < -0.3 is 10.7 Å². The number of pyridine rings is 1. The average molecular weight is 301 g/mol. The Labute approximate surface area is 127 Å². The first-order chi connectivity index (χ1) is 10.4. The minimum atomic E-state index is -0.858. The molecule has 0 aliphatic carbocycles. The summed E-state index contributed by atoms with van der Waals surface area (Å²) in [5.41, 5.74) is 10.1. The summed E-state index contributed by atoms with van der Waals surface area (Å²) in [5, 5.41) is 0.285. The Bertz CT molecular complexity index is 881. The number of aromatic amines is 1. The number of aryl methyl sites for hydroxylation is 3. The van der Waals surface area contributed by atoms with Crippen molar-refractivity contribution in [3.05, 3.63) is 46.8 Å². The fourth-order valence-electron chi connectivity index (χ4n) is 2.99. The van der Waals surface area contributed by atoms with Crippen molar-refractivity contribution >= 4 is 16.7 Å². The second-order valence-electron chi connectivity index (χ2n) is 5.48. The Morgan fingerprint density at radius 1 is 1.18 bits per heavy atom. The number of benzene rings is 1. The summed E-state index contributed by atoms with van der Waals surface area (Å²) < 4.78 is 28.2. The van der Waals surface area contributed by atoms with Crippen LogP contribution in [0.15, 0.2) is 18.3 Å². The van der Waals surface area contributed by atoms with Gasteiger partial charge in [-0.2, -0.15) is 0 Å². The molecule has 0 bridgehead atoms. The van der Waals surface area contributed by atoms with Crippen molar-refractivity contribution in [3.8, 4) is 11.1 Å². The van der Waals surface area contributed by atoms with Crippen molar-refractivity contribution in [1.82, 2.24) is 9.97 Å². The number of nitrogen functional groups attached to an aromatic ring is 1. The second kappa shape index (κ2) is 5.09. The number of hydrogen-bond donors (Lipinski definition) is 2. The molecular weight excluding hydrogens is 284 g/mol. The number of H-pyrrole nitrogens is 1. The third kappa shape index (κ3) is 2.04. The monoisotopic (exact) mass is 301 g/mol. The van der Waals surface area contributed by atoms with Crippen LogP contribution in [-0.2, 0) is 6.42 Å². The van der Waals surface area contributed by atoms with Crippen LogP contribution in [0.2, 0.25) is 0 Å². The number of rotatable bonds is 2. The van der Waals surface area contributed by atoms with E-state index in [1.54, 1.807) is 19.2 Å². The van der Waals surface area contributed by atoms with Crippen molar-refractivity contribution in [3.63, 3.8) is 0 Å². The maximum Gasteiger partial charge on any atom is 0.168 e. The van der Waals surface area contributed by atoms with Gasteiger partial charge in [0.1, 0.15) is 5.82 Å². The van der Waals surface area contributed by atoms with E-state index in [4.69, 9.17) is 5.73 Å². The zero-order chi connectivity index (χ0) is 16.0. The van der Waals surface area contributed by atoms with Gasteiger partial charge in [-0.25, -0.2) is 13.8 Å². The topological polar surface area (TPSA) is 54.7 Å². The van der Waals surface area contributed by atoms with Crippen LogP contribution in [0.5, 0.6) is 0 Å². The predicted molar refractivity (Wildman–Crippen MR) is 84.7 cm³/mol. The number of fused-ring (bicyclic) bond motifs is 1. The van der Waals surface area contributed by atoms with Crippen LogP contribution in [0, 0.1) is 25.5 Å². The van der Waals surface area contributed by atoms with Crippen LogP contribution in [0.4, 0.5) is 14.6 Å². The number of aromatic nitrogens is 2. The van der Waals surface area contributed by atoms with Gasteiger partial charge in [0.05, 0.1) is 11.2 Å². The molecule has 2 heterocycles. The summed E-state index contributed by atoms with van der Waals surface area (Å²) in [6, 6.07) is 2.98. The minimum Gasteiger partial charge on any atom is -0.384 e. The Morgan fingerprint density at radius 2 is 1.91 bits per heavy atom. The quantitative estimate of drug-likeness (QED) is 0.742. The van der Waals surface area contributed by atoms with Crippen LogP contribution in [0.1, 0.15) is 23.7 Å². The van der Waals surface area contributed by atoms with Crippen molar-refractivity contribution in [2.75, 3.05) is 5.73 Å². The highest BCUT2D eigenvalue weighted by Crippen LogP contribution is 2.36. The van der Waals surface area contributed by atoms with E-state index in [9.17, 15) is 8.78 Å². The van der Waals surface area contributed by atoms with Gasteiger partial charge >= 0.3 is 0 Å². The van der Waals surface area contributed by atoms with E-state index in [1.165, 1.54) is 6.07 Å². The van der Waals surface area contributed by atoms with Crippen molar-refractivity contribution in [1.29, 1.82) is 0 Å². The van der Waals surface area contributed by atoms with Gasteiger partial charge in [0, 0.05) is 22.7 Å². The molecule has 3 N–H and O–H groups in total. The number of halogens is 2. The van der Waals surface area contributed by atoms with Crippen LogP contribution >= 0.6 is 0 Å². The largest absolute Gasteiger partial charge is 0.384 e. The summed E-state index contributed by atoms with van der Waals surface area (Å²) in [6.45, 7) is 5.61. The van der Waals surface area contributed by atoms with Crippen molar-refractivity contribution in [2.24, 2.45) is 0 Å². The molecule has 3 nitrogen and oxygen atoms in total. The summed E-state index contributed by atoms with van der Waals surface area (Å²) >= 11 is 0. The normalized spacial score (nSPS) is 11.3. The lowest BCUT2D eigenvalue weighted by atomic mass is 9.95. The molecular formula is C17H17F2N3. The third-order valence-corrected chi connectivity index (χ3v) is 3.96. The van der Waals surface area contributed by atoms with E-state index in [2.05, 4.69) is 9.97 Å². The second-order valence-corrected chi connectivity index (χ2v) is 5.48. The standard InChI is InChI=1S/C17H17F2N3/c1-4-12-14(8(2)5-13(20)22-12)10-6-11(18)16(19)15-9(3)7-21-17(10)15/h5-7,21H,4H2,1-3H3,(H2,20,22). The maximum absolute atomic E-state index is 14.1. The molecule has 2 aromatic heterocycles. The highest BCUT2D eigenvalue weighted by atomic mass is 19.2. The fourth-order valence-corrected chi connectivity index (χ4v) is 2.99. The maximum atomic E-state index is 14.1. The fraction of sp³-hybridized carbons (Fsp3) is 0.235. The Kier molecular flexibility index (Phi) is 3.35. The number of nitrogens with zero attached hydrogens (tertiary/aromatic N) is 1. The Hall–Kier alpha value is -2.43. The van der Waals surface area contributed by atoms with Gasteiger partial charge in [-0.3, -0.25) is 0 Å². The van der Waals surface area contributed by atoms with Gasteiger partial charge in [-0.1, -0.05) is 6.92 Å². The van der Waals surface area contributed by atoms with Crippen LogP contribution < -0.4 is 5.73 Å². The van der Waals surface area contributed by atoms with E-state index in [0.29, 0.717) is 28.9 Å². The average Bonchev–Trinajstić information content (AvgIpc) is 2.85. The van der Waals surface area contributed by atoms with Gasteiger partial charge in [0.15, 0.2) is 11.6 Å². The molecule has 0 fully saturated rings. The van der Waals surface area contributed by atoms with Gasteiger partial charge in [-0.15, -0.1) is 0 Å². The SMILES string of the molecule is CCc1nc(N)cc(C)c1-c1cc(F)c(F)c2c(C)c[nH]c12. The highest BCUT2D eigenvalue weighted by Gasteiger charge is 2.20. The summed E-state index contributed by atoms with van der Waals surface area (Å²) in [4.78, 5) is 7.39. The van der Waals surface area contributed by atoms with E-state index >= 15 is 0 Å². The smallest absolute Gasteiger partial charge is 0.168 e. The van der Waals surface area contributed by atoms with Crippen molar-refractivity contribution < 1.29 is 8.78 Å². The first kappa shape index (κ1) is 14.5. The van der Waals surface area contributed by atoms with E-state index in [0.717, 1.165) is 16.8 Å². The zero-order valence-corrected chi connectivity index (χ0v) is 12.7. The first-order valence-electron chi connectivity index (χ1n) is 7.16. The molecule has 22 heavy (non-hydrogen) atoms. The molecule has 0 amide bonds. The summed E-state index contributed by atoms with van der Waals surface area (Å²) in [6.07, 6.45) is 2.34. The molecule has 0 radical (unpaired) electrons. The first-order valence-corrected chi connectivity index (χ1v) is 7.16. The van der Waals surface area contributed by atoms with E-state index < -0.39 is 11.6 Å². The molecule has 3 rings (SSSR count). The van der Waals surface area contributed by atoms with Crippen LogP contribution in [0.25, 0.3) is 22.0 Å². The van der Waals surface area contributed by atoms with Crippen molar-refractivity contribution in [2.45, 2.75) is 27.2 Å². The molecule has 0 spiro atoms. The van der Waals surface area contributed by atoms with E-state index in [1.807, 2.05) is 13.8 Å². The molecule has 114 valence electrons. The molecule has 0 atom stereocenters. The molecule has 0 unspecified atom stereocenters. The number of nitrogens with one attached hydrogen (secondary N) is 1. The molecule has 0 saturated heterocycles. The highest BCUT2D eigenvalue weighted by molar-refractivity contribution is 5.97. The molecule has 3 aromatic rings. The number of nitrogens with two attached hydrogens (primary N) is 1. The third-order valence-electron chi connectivity index (χ3n) is 3.96. The molecule has 0 aliphatic rings. The van der Waals surface area contributed by atoms with Crippen LogP contribution in [0.3, 0.4) is 0 Å². The number of anilines is 1. The predicted octanol–water partition coefficient (Wildman–Crippen LogP) is 4.27. The lowest BCUT2D eigenvalue weighted by molar-refractivity contribution is 0.517. The Balaban J connectivity index is 2.44.